The molecule has 110 valence electrons. The van der Waals surface area contributed by atoms with E-state index in [0.29, 0.717) is 0 Å². The predicted octanol–water partition coefficient (Wildman–Crippen LogP) is 0.256. The Morgan fingerprint density at radius 3 is 2.11 bits per heavy atom. The molecular weight excluding hydrogens is 256 g/mol. The van der Waals surface area contributed by atoms with Crippen LogP contribution >= 0.6 is 0 Å². The first-order chi connectivity index (χ1) is 8.90. The second-order valence-corrected chi connectivity index (χ2v) is 4.29. The van der Waals surface area contributed by atoms with Gasteiger partial charge in [0, 0.05) is 28.1 Å². The Labute approximate surface area is 112 Å². The van der Waals surface area contributed by atoms with E-state index in [1.54, 1.807) is 6.92 Å². The topological polar surface area (TPSA) is 80.3 Å². The van der Waals surface area contributed by atoms with Gasteiger partial charge in [-0.2, -0.15) is 0 Å². The lowest BCUT2D eigenvalue weighted by molar-refractivity contribution is -0.185. The van der Waals surface area contributed by atoms with Crippen molar-refractivity contribution in [1.82, 2.24) is 0 Å². The van der Waals surface area contributed by atoms with Gasteiger partial charge in [-0.3, -0.25) is 9.59 Å². The molecule has 5 atom stereocenters. The van der Waals surface area contributed by atoms with Gasteiger partial charge in [-0.25, -0.2) is 0 Å². The highest BCUT2D eigenvalue weighted by Gasteiger charge is 2.50. The predicted molar refractivity (Wildman–Crippen MR) is 63.2 cm³/mol. The summed E-state index contributed by atoms with van der Waals surface area (Å²) in [5.74, 6) is -0.880. The van der Waals surface area contributed by atoms with Crippen molar-refractivity contribution in [2.24, 2.45) is 0 Å². The summed E-state index contributed by atoms with van der Waals surface area (Å²) in [5.41, 5.74) is 0. The van der Waals surface area contributed by atoms with Gasteiger partial charge in [-0.1, -0.05) is 0 Å². The minimum Gasteiger partial charge on any atom is -0.460 e. The highest BCUT2D eigenvalue weighted by molar-refractivity contribution is 5.66. The average Bonchev–Trinajstić information content (AvgIpc) is 2.65. The van der Waals surface area contributed by atoms with E-state index in [-0.39, 0.29) is 0 Å². The summed E-state index contributed by atoms with van der Waals surface area (Å²) in [7, 11) is 2.91. The first-order valence-electron chi connectivity index (χ1n) is 5.96. The Kier molecular flexibility index (Phi) is 5.71. The molecule has 0 radical (unpaired) electrons. The lowest BCUT2D eigenvalue weighted by atomic mass is 10.1. The van der Waals surface area contributed by atoms with Gasteiger partial charge >= 0.3 is 11.9 Å². The van der Waals surface area contributed by atoms with Gasteiger partial charge < -0.3 is 23.7 Å². The lowest BCUT2D eigenvalue weighted by Gasteiger charge is -2.24. The molecule has 0 aromatic heterocycles. The van der Waals surface area contributed by atoms with Crippen molar-refractivity contribution in [1.29, 1.82) is 0 Å². The normalized spacial score (nSPS) is 31.8. The number of ether oxygens (including phenoxy) is 5. The number of rotatable bonds is 5. The van der Waals surface area contributed by atoms with Crippen LogP contribution < -0.4 is 0 Å². The summed E-state index contributed by atoms with van der Waals surface area (Å²) in [6.45, 7) is 4.29. The third kappa shape index (κ3) is 3.89. The van der Waals surface area contributed by atoms with Crippen molar-refractivity contribution in [3.05, 3.63) is 0 Å². The maximum atomic E-state index is 11.1. The van der Waals surface area contributed by atoms with Crippen LogP contribution in [0.2, 0.25) is 0 Å². The van der Waals surface area contributed by atoms with Gasteiger partial charge in [0.05, 0.1) is 0 Å². The number of carbonyl (C=O) groups is 2. The molecular formula is C12H20O7. The summed E-state index contributed by atoms with van der Waals surface area (Å²) in [4.78, 5) is 22.1. The fourth-order valence-corrected chi connectivity index (χ4v) is 2.13. The van der Waals surface area contributed by atoms with E-state index in [9.17, 15) is 9.59 Å². The number of esters is 2. The van der Waals surface area contributed by atoms with Crippen molar-refractivity contribution in [3.8, 4) is 0 Å². The molecule has 19 heavy (non-hydrogen) atoms. The molecule has 1 heterocycles. The fourth-order valence-electron chi connectivity index (χ4n) is 2.13. The molecule has 1 fully saturated rings. The van der Waals surface area contributed by atoms with E-state index in [0.717, 1.165) is 0 Å². The van der Waals surface area contributed by atoms with Crippen molar-refractivity contribution in [3.63, 3.8) is 0 Å². The van der Waals surface area contributed by atoms with E-state index in [1.165, 1.54) is 28.1 Å². The van der Waals surface area contributed by atoms with Gasteiger partial charge in [-0.05, 0) is 6.92 Å². The van der Waals surface area contributed by atoms with E-state index < -0.39 is 42.6 Å². The maximum absolute atomic E-state index is 11.1. The largest absolute Gasteiger partial charge is 0.460 e. The monoisotopic (exact) mass is 276 g/mol. The zero-order valence-electron chi connectivity index (χ0n) is 11.7. The second-order valence-electron chi connectivity index (χ2n) is 4.29. The van der Waals surface area contributed by atoms with Crippen molar-refractivity contribution in [2.45, 2.75) is 51.5 Å². The van der Waals surface area contributed by atoms with Crippen LogP contribution in [0, 0.1) is 0 Å². The highest BCUT2D eigenvalue weighted by Crippen LogP contribution is 2.29. The molecule has 7 nitrogen and oxygen atoms in total. The molecule has 1 aliphatic heterocycles. The second kappa shape index (κ2) is 6.83. The summed E-state index contributed by atoms with van der Waals surface area (Å²) < 4.78 is 26.2. The SMILES string of the molecule is COC1O[C@H]([C@@H](C)OC(C)=O)[C@H](OC)[C@@H]1OC(C)=O. The first kappa shape index (κ1) is 15.9. The van der Waals surface area contributed by atoms with E-state index in [1.807, 2.05) is 0 Å². The van der Waals surface area contributed by atoms with Crippen LogP contribution in [0.15, 0.2) is 0 Å². The molecule has 0 amide bonds. The van der Waals surface area contributed by atoms with Crippen LogP contribution in [0.5, 0.6) is 0 Å². The Morgan fingerprint density at radius 2 is 1.68 bits per heavy atom. The van der Waals surface area contributed by atoms with E-state index in [4.69, 9.17) is 23.7 Å². The highest BCUT2D eigenvalue weighted by atomic mass is 16.7. The molecule has 0 spiro atoms. The molecule has 0 aromatic rings. The van der Waals surface area contributed by atoms with Gasteiger partial charge in [0.25, 0.3) is 0 Å². The molecule has 1 aliphatic rings. The average molecular weight is 276 g/mol. The zero-order valence-corrected chi connectivity index (χ0v) is 11.7. The van der Waals surface area contributed by atoms with Crippen LogP contribution in [0.3, 0.4) is 0 Å². The zero-order chi connectivity index (χ0) is 14.6. The Bertz CT molecular complexity index is 330. The van der Waals surface area contributed by atoms with Crippen molar-refractivity contribution >= 4 is 11.9 Å². The third-order valence-electron chi connectivity index (χ3n) is 2.83. The van der Waals surface area contributed by atoms with Gasteiger partial charge in [-0.15, -0.1) is 0 Å². The molecule has 1 unspecified atom stereocenters. The van der Waals surface area contributed by atoms with Crippen LogP contribution in [0.4, 0.5) is 0 Å². The summed E-state index contributed by atoms with van der Waals surface area (Å²) in [5, 5.41) is 0. The lowest BCUT2D eigenvalue weighted by Crippen LogP contribution is -2.42. The maximum Gasteiger partial charge on any atom is 0.303 e. The smallest absolute Gasteiger partial charge is 0.303 e. The van der Waals surface area contributed by atoms with Gasteiger partial charge in [0.1, 0.15) is 18.3 Å². The third-order valence-corrected chi connectivity index (χ3v) is 2.83. The van der Waals surface area contributed by atoms with Gasteiger partial charge in [0.15, 0.2) is 12.4 Å². The van der Waals surface area contributed by atoms with E-state index >= 15 is 0 Å². The minimum absolute atomic E-state index is 0.421. The Morgan fingerprint density at radius 1 is 1.05 bits per heavy atom. The van der Waals surface area contributed by atoms with Crippen LogP contribution in [-0.2, 0) is 33.3 Å². The number of hydrogen-bond acceptors (Lipinski definition) is 7. The summed E-state index contributed by atoms with van der Waals surface area (Å²) in [6, 6.07) is 0. The van der Waals surface area contributed by atoms with Crippen LogP contribution in [0.25, 0.3) is 0 Å². The molecule has 0 aliphatic carbocycles. The standard InChI is InChI=1S/C12H20O7/c1-6(17-7(2)13)9-10(15-4)11(18-8(3)14)12(16-5)19-9/h6,9-12H,1-5H3/t6-,9-,10+,11+,12?/m1/s1. The van der Waals surface area contributed by atoms with Crippen LogP contribution in [-0.4, -0.2) is 56.9 Å². The molecule has 0 N–H and O–H groups in total. The first-order valence-corrected chi connectivity index (χ1v) is 5.96. The minimum atomic E-state index is -0.753. The number of carbonyl (C=O) groups excluding carboxylic acids is 2. The van der Waals surface area contributed by atoms with Crippen molar-refractivity contribution < 1.29 is 33.3 Å². The number of methoxy groups -OCH3 is 2. The fraction of sp³-hybridized carbons (Fsp3) is 0.833. The van der Waals surface area contributed by atoms with E-state index in [2.05, 4.69) is 0 Å². The molecule has 0 saturated carbocycles. The van der Waals surface area contributed by atoms with Crippen molar-refractivity contribution in [2.75, 3.05) is 14.2 Å². The molecule has 7 heteroatoms. The van der Waals surface area contributed by atoms with Crippen LogP contribution in [0.1, 0.15) is 20.8 Å². The number of hydrogen-bond donors (Lipinski definition) is 0. The quantitative estimate of drug-likeness (QED) is 0.666. The molecule has 1 saturated heterocycles. The Balaban J connectivity index is 2.83. The Hall–Kier alpha value is -1.18. The molecule has 0 bridgehead atoms. The summed E-state index contributed by atoms with van der Waals surface area (Å²) >= 11 is 0. The summed E-state index contributed by atoms with van der Waals surface area (Å²) in [6.07, 6.45) is -3.13. The van der Waals surface area contributed by atoms with Gasteiger partial charge in [0.2, 0.25) is 0 Å². The molecule has 1 rings (SSSR count). The molecule has 0 aromatic carbocycles.